The molecule has 0 spiro atoms. The Labute approximate surface area is 184 Å². The number of halogens is 2. The number of rotatable bonds is 7. The number of aldehydes is 1. The number of morpholine rings is 1. The summed E-state index contributed by atoms with van der Waals surface area (Å²) in [7, 11) is 1.67. The number of imidazole rings is 1. The fourth-order valence-electron chi connectivity index (χ4n) is 3.55. The molecule has 2 heterocycles. The van der Waals surface area contributed by atoms with Crippen molar-refractivity contribution in [1.82, 2.24) is 14.9 Å². The van der Waals surface area contributed by atoms with E-state index in [4.69, 9.17) is 4.74 Å². The molecule has 1 aliphatic rings. The van der Waals surface area contributed by atoms with E-state index < -0.39 is 11.6 Å². The minimum absolute atomic E-state index is 0.0263. The van der Waals surface area contributed by atoms with Crippen molar-refractivity contribution in [3.8, 4) is 11.4 Å². The highest BCUT2D eigenvalue weighted by Gasteiger charge is 2.22. The number of benzene rings is 2. The normalized spacial score (nSPS) is 14.0. The van der Waals surface area contributed by atoms with Gasteiger partial charge < -0.3 is 20.3 Å². The summed E-state index contributed by atoms with van der Waals surface area (Å²) >= 11 is 0. The predicted molar refractivity (Wildman–Crippen MR) is 120 cm³/mol. The second-order valence-corrected chi connectivity index (χ2v) is 7.13. The smallest absolute Gasteiger partial charge is 0.170 e. The van der Waals surface area contributed by atoms with Gasteiger partial charge in [0.15, 0.2) is 17.9 Å². The first-order valence-corrected chi connectivity index (χ1v) is 10.2. The van der Waals surface area contributed by atoms with E-state index in [0.717, 1.165) is 30.9 Å². The van der Waals surface area contributed by atoms with E-state index in [9.17, 15) is 13.6 Å². The number of hydrogen-bond acceptors (Lipinski definition) is 6. The van der Waals surface area contributed by atoms with Crippen molar-refractivity contribution >= 4 is 29.7 Å². The van der Waals surface area contributed by atoms with Crippen molar-refractivity contribution in [3.63, 3.8) is 0 Å². The Hall–Kier alpha value is -3.72. The molecule has 2 N–H and O–H groups in total. The Balaban J connectivity index is 1.70. The molecule has 0 bridgehead atoms. The van der Waals surface area contributed by atoms with E-state index in [1.807, 2.05) is 24.3 Å². The molecular weight excluding hydrogens is 416 g/mol. The molecule has 0 unspecified atom stereocenters. The number of ether oxygens (including phenoxy) is 1. The van der Waals surface area contributed by atoms with Gasteiger partial charge in [0, 0.05) is 43.9 Å². The highest BCUT2D eigenvalue weighted by Crippen LogP contribution is 2.31. The van der Waals surface area contributed by atoms with Gasteiger partial charge in [0.05, 0.1) is 18.8 Å². The molecule has 0 atom stereocenters. The highest BCUT2D eigenvalue weighted by molar-refractivity contribution is 5.86. The maximum Gasteiger partial charge on any atom is 0.170 e. The Kier molecular flexibility index (Phi) is 6.46. The van der Waals surface area contributed by atoms with Crippen molar-refractivity contribution < 1.29 is 18.3 Å². The third kappa shape index (κ3) is 4.33. The Morgan fingerprint density at radius 3 is 2.38 bits per heavy atom. The number of carbonyl (C=O) groups excluding carboxylic acids is 1. The zero-order valence-electron chi connectivity index (χ0n) is 17.5. The molecule has 1 aromatic heterocycles. The minimum atomic E-state index is -0.770. The number of nitrogens with zero attached hydrogens (tertiary/aromatic N) is 3. The van der Waals surface area contributed by atoms with Gasteiger partial charge in [0.2, 0.25) is 0 Å². The van der Waals surface area contributed by atoms with Gasteiger partial charge in [-0.15, -0.1) is 0 Å². The average Bonchev–Trinajstić information content (AvgIpc) is 3.15. The van der Waals surface area contributed by atoms with Gasteiger partial charge in [0.25, 0.3) is 0 Å². The molecule has 9 heteroatoms. The molecule has 0 radical (unpaired) electrons. The summed E-state index contributed by atoms with van der Waals surface area (Å²) in [4.78, 5) is 18.5. The lowest BCUT2D eigenvalue weighted by atomic mass is 10.2. The number of hydrogen-bond donors (Lipinski definition) is 2. The lowest BCUT2D eigenvalue weighted by molar-refractivity contribution is 0.111. The van der Waals surface area contributed by atoms with Crippen LogP contribution in [0.15, 0.2) is 48.7 Å². The van der Waals surface area contributed by atoms with E-state index in [0.29, 0.717) is 25.2 Å². The quantitative estimate of drug-likeness (QED) is 0.545. The average molecular weight is 439 g/mol. The number of nitrogens with one attached hydrogen (secondary N) is 2. The van der Waals surface area contributed by atoms with Gasteiger partial charge in [-0.25, -0.2) is 13.8 Å². The van der Waals surface area contributed by atoms with Crippen LogP contribution in [0.5, 0.6) is 0 Å². The lowest BCUT2D eigenvalue weighted by Gasteiger charge is -2.28. The Morgan fingerprint density at radius 2 is 1.75 bits per heavy atom. The molecule has 4 rings (SSSR count). The maximum absolute atomic E-state index is 14.5. The first kappa shape index (κ1) is 21.5. The maximum atomic E-state index is 14.5. The standard InChI is InChI=1S/C23H23F2N5O2/c1-26-9-10-30-20(15-31)22(28-23(30)21-18(24)3-2-4-19(21)25)27-16-5-7-17(8-6-16)29-11-13-32-14-12-29/h2-10,15,26-27H,11-14H2,1H3/b10-9-. The second kappa shape index (κ2) is 9.61. The van der Waals surface area contributed by atoms with Crippen LogP contribution in [0.4, 0.5) is 26.0 Å². The van der Waals surface area contributed by atoms with Crippen LogP contribution in [0, 0.1) is 11.6 Å². The van der Waals surface area contributed by atoms with Gasteiger partial charge in [-0.05, 0) is 36.4 Å². The van der Waals surface area contributed by atoms with Crippen LogP contribution in [-0.2, 0) is 4.74 Å². The van der Waals surface area contributed by atoms with E-state index in [1.54, 1.807) is 7.05 Å². The van der Waals surface area contributed by atoms with E-state index >= 15 is 0 Å². The molecule has 32 heavy (non-hydrogen) atoms. The highest BCUT2D eigenvalue weighted by atomic mass is 19.1. The summed E-state index contributed by atoms with van der Waals surface area (Å²) in [5, 5.41) is 5.90. The third-order valence-corrected chi connectivity index (χ3v) is 5.14. The molecular formula is C23H23F2N5O2. The van der Waals surface area contributed by atoms with E-state index in [-0.39, 0.29) is 22.9 Å². The first-order valence-electron chi connectivity index (χ1n) is 10.2. The van der Waals surface area contributed by atoms with E-state index in [1.165, 1.54) is 23.0 Å². The molecule has 0 saturated carbocycles. The third-order valence-electron chi connectivity index (χ3n) is 5.14. The monoisotopic (exact) mass is 439 g/mol. The van der Waals surface area contributed by atoms with Gasteiger partial charge in [-0.1, -0.05) is 6.07 Å². The molecule has 0 aliphatic carbocycles. The van der Waals surface area contributed by atoms with Crippen molar-refractivity contribution in [2.45, 2.75) is 0 Å². The molecule has 1 saturated heterocycles. The van der Waals surface area contributed by atoms with Gasteiger partial charge >= 0.3 is 0 Å². The summed E-state index contributed by atoms with van der Waals surface area (Å²) in [6, 6.07) is 11.2. The fraction of sp³-hybridized carbons (Fsp3) is 0.217. The molecule has 1 fully saturated rings. The first-order chi connectivity index (χ1) is 15.6. The van der Waals surface area contributed by atoms with Gasteiger partial charge in [-0.3, -0.25) is 9.36 Å². The zero-order valence-corrected chi connectivity index (χ0v) is 17.5. The van der Waals surface area contributed by atoms with Crippen LogP contribution < -0.4 is 15.5 Å². The Morgan fingerprint density at radius 1 is 1.06 bits per heavy atom. The number of carbonyl (C=O) groups is 1. The minimum Gasteiger partial charge on any atom is -0.393 e. The van der Waals surface area contributed by atoms with Crippen LogP contribution in [0.1, 0.15) is 10.5 Å². The van der Waals surface area contributed by atoms with Crippen LogP contribution in [0.2, 0.25) is 0 Å². The van der Waals surface area contributed by atoms with Crippen molar-refractivity contribution in [1.29, 1.82) is 0 Å². The Bertz CT molecular complexity index is 1100. The lowest BCUT2D eigenvalue weighted by Crippen LogP contribution is -2.36. The zero-order chi connectivity index (χ0) is 22.5. The second-order valence-electron chi connectivity index (χ2n) is 7.13. The van der Waals surface area contributed by atoms with Gasteiger partial charge in [0.1, 0.15) is 17.3 Å². The summed E-state index contributed by atoms with van der Waals surface area (Å²) in [6.45, 7) is 3.02. The van der Waals surface area contributed by atoms with Gasteiger partial charge in [-0.2, -0.15) is 0 Å². The summed E-state index contributed by atoms with van der Waals surface area (Å²) in [5.41, 5.74) is 1.57. The summed E-state index contributed by atoms with van der Waals surface area (Å²) in [6.07, 6.45) is 3.63. The molecule has 166 valence electrons. The molecule has 1 aliphatic heterocycles. The van der Waals surface area contributed by atoms with Crippen LogP contribution >= 0.6 is 0 Å². The van der Waals surface area contributed by atoms with Crippen LogP contribution in [0.3, 0.4) is 0 Å². The predicted octanol–water partition coefficient (Wildman–Crippen LogP) is 3.87. The topological polar surface area (TPSA) is 71.4 Å². The SMILES string of the molecule is CN/C=C\n1c(-c2c(F)cccc2F)nc(Nc2ccc(N3CCOCC3)cc2)c1C=O. The van der Waals surface area contributed by atoms with Crippen LogP contribution in [0.25, 0.3) is 17.6 Å². The molecule has 7 nitrogen and oxygen atoms in total. The summed E-state index contributed by atoms with van der Waals surface area (Å²) < 4.78 is 35.7. The molecule has 3 aromatic rings. The molecule has 0 amide bonds. The largest absolute Gasteiger partial charge is 0.393 e. The van der Waals surface area contributed by atoms with Crippen molar-refractivity contribution in [2.24, 2.45) is 0 Å². The summed E-state index contributed by atoms with van der Waals surface area (Å²) in [5.74, 6) is -1.37. The number of aromatic nitrogens is 2. The number of anilines is 3. The van der Waals surface area contributed by atoms with Crippen LogP contribution in [-0.4, -0.2) is 49.2 Å². The fourth-order valence-corrected chi connectivity index (χ4v) is 3.55. The van der Waals surface area contributed by atoms with Crippen molar-refractivity contribution in [3.05, 3.63) is 66.0 Å². The van der Waals surface area contributed by atoms with Crippen molar-refractivity contribution in [2.75, 3.05) is 43.6 Å². The van der Waals surface area contributed by atoms with E-state index in [2.05, 4.69) is 20.5 Å². The molecule has 2 aromatic carbocycles.